The largest absolute Gasteiger partial charge is 0.310 e. The molecule has 0 heterocycles. The number of hydrogen-bond acceptors (Lipinski definition) is 1. The summed E-state index contributed by atoms with van der Waals surface area (Å²) in [7, 11) is 0. The van der Waals surface area contributed by atoms with E-state index in [-0.39, 0.29) is 5.41 Å². The maximum Gasteiger partial charge on any atom is 0.0726 e. The van der Waals surface area contributed by atoms with Crippen LogP contribution in [0.25, 0.3) is 55.6 Å². The summed E-state index contributed by atoms with van der Waals surface area (Å²) in [5.74, 6) is 0. The zero-order chi connectivity index (χ0) is 39.3. The second-order valence-corrected chi connectivity index (χ2v) is 16.8. The molecule has 12 rings (SSSR count). The average Bonchev–Trinajstić information content (AvgIpc) is 3.67. The van der Waals surface area contributed by atoms with Gasteiger partial charge >= 0.3 is 0 Å². The van der Waals surface area contributed by atoms with Crippen molar-refractivity contribution in [2.24, 2.45) is 0 Å². The van der Waals surface area contributed by atoms with Crippen LogP contribution in [0.5, 0.6) is 0 Å². The van der Waals surface area contributed by atoms with Gasteiger partial charge in [-0.15, -0.1) is 0 Å². The minimum Gasteiger partial charge on any atom is -0.310 e. The van der Waals surface area contributed by atoms with Crippen molar-refractivity contribution in [3.05, 3.63) is 246 Å². The molecule has 1 spiro atoms. The molecule has 0 amide bonds. The maximum atomic E-state index is 2.52. The van der Waals surface area contributed by atoms with E-state index in [1.165, 1.54) is 89.0 Å². The predicted octanol–water partition coefficient (Wildman–Crippen LogP) is 15.1. The van der Waals surface area contributed by atoms with E-state index in [0.29, 0.717) is 0 Å². The Hall–Kier alpha value is -7.22. The number of nitrogens with zero attached hydrogens (tertiary/aromatic N) is 1. The van der Waals surface area contributed by atoms with Crippen LogP contribution in [-0.4, -0.2) is 0 Å². The number of rotatable bonds is 4. The van der Waals surface area contributed by atoms with E-state index in [9.17, 15) is 0 Å². The Bertz CT molecular complexity index is 3080. The highest BCUT2D eigenvalue weighted by Gasteiger charge is 2.50. The van der Waals surface area contributed by atoms with Crippen molar-refractivity contribution in [1.82, 2.24) is 0 Å². The highest BCUT2D eigenvalue weighted by molar-refractivity contribution is 5.99. The molecule has 0 saturated heterocycles. The van der Waals surface area contributed by atoms with Gasteiger partial charge in [-0.25, -0.2) is 0 Å². The fourth-order valence-corrected chi connectivity index (χ4v) is 11.0. The smallest absolute Gasteiger partial charge is 0.0726 e. The van der Waals surface area contributed by atoms with Crippen molar-refractivity contribution in [3.63, 3.8) is 0 Å². The molecule has 0 N–H and O–H groups in total. The van der Waals surface area contributed by atoms with Crippen molar-refractivity contribution in [2.75, 3.05) is 4.90 Å². The van der Waals surface area contributed by atoms with Gasteiger partial charge in [0.2, 0.25) is 0 Å². The molecule has 1 nitrogen and oxygen atoms in total. The maximum absolute atomic E-state index is 2.52. The van der Waals surface area contributed by atoms with Crippen molar-refractivity contribution in [1.29, 1.82) is 0 Å². The minimum absolute atomic E-state index is 0.140. The average molecular weight is 752 g/mol. The fourth-order valence-electron chi connectivity index (χ4n) is 11.0. The first-order valence-electron chi connectivity index (χ1n) is 20.8. The SMILES string of the molecule is CC1(C)c2ccccc2-c2ccc(N(c3ccc4c(c3)C3(c5ccccc5-c5ccccc5-c5ccccc53)c3ccccc3-4)c3ccccc3-c3ccccc3)cc21. The van der Waals surface area contributed by atoms with Gasteiger partial charge in [-0.05, 0) is 114 Å². The van der Waals surface area contributed by atoms with Crippen molar-refractivity contribution < 1.29 is 0 Å². The minimum atomic E-state index is -0.569. The van der Waals surface area contributed by atoms with Crippen molar-refractivity contribution in [2.45, 2.75) is 24.7 Å². The zero-order valence-corrected chi connectivity index (χ0v) is 33.2. The molecule has 0 aliphatic heterocycles. The van der Waals surface area contributed by atoms with Crippen LogP contribution in [0, 0.1) is 0 Å². The topological polar surface area (TPSA) is 3.24 Å². The molecule has 0 fully saturated rings. The normalized spacial score (nSPS) is 14.2. The Labute approximate surface area is 346 Å². The predicted molar refractivity (Wildman–Crippen MR) is 246 cm³/mol. The summed E-state index contributed by atoms with van der Waals surface area (Å²) >= 11 is 0. The lowest BCUT2D eigenvalue weighted by molar-refractivity contribution is 0.660. The third kappa shape index (κ3) is 4.67. The number of hydrogen-bond donors (Lipinski definition) is 0. The summed E-state index contributed by atoms with van der Waals surface area (Å²) in [4.78, 5) is 2.52. The molecule has 0 atom stereocenters. The second kappa shape index (κ2) is 12.6. The van der Waals surface area contributed by atoms with E-state index in [4.69, 9.17) is 0 Å². The first-order chi connectivity index (χ1) is 29.0. The van der Waals surface area contributed by atoms with E-state index >= 15 is 0 Å². The van der Waals surface area contributed by atoms with Crippen LogP contribution >= 0.6 is 0 Å². The Kier molecular flexibility index (Phi) is 7.26. The quantitative estimate of drug-likeness (QED) is 0.173. The van der Waals surface area contributed by atoms with Crippen LogP contribution in [0.15, 0.2) is 212 Å². The van der Waals surface area contributed by atoms with Crippen LogP contribution in [0.4, 0.5) is 17.1 Å². The summed E-state index contributed by atoms with van der Waals surface area (Å²) in [5.41, 5.74) is 23.4. The summed E-state index contributed by atoms with van der Waals surface area (Å²) in [6.45, 7) is 4.75. The third-order valence-electron chi connectivity index (χ3n) is 13.5. The lowest BCUT2D eigenvalue weighted by Gasteiger charge is -2.36. The molecule has 0 unspecified atom stereocenters. The number of para-hydroxylation sites is 1. The zero-order valence-electron chi connectivity index (χ0n) is 33.2. The number of fused-ring (bicyclic) bond motifs is 15. The van der Waals surface area contributed by atoms with E-state index in [1.807, 2.05) is 0 Å². The Morgan fingerprint density at radius 1 is 0.288 bits per heavy atom. The molecule has 1 heteroatoms. The molecule has 0 aromatic heterocycles. The monoisotopic (exact) mass is 751 g/mol. The molecule has 59 heavy (non-hydrogen) atoms. The molecule has 3 aliphatic rings. The van der Waals surface area contributed by atoms with Crippen LogP contribution in [0.3, 0.4) is 0 Å². The van der Waals surface area contributed by atoms with Gasteiger partial charge in [-0.3, -0.25) is 0 Å². The third-order valence-corrected chi connectivity index (χ3v) is 13.5. The van der Waals surface area contributed by atoms with Gasteiger partial charge in [0.05, 0.1) is 11.1 Å². The molecule has 278 valence electrons. The molecule has 0 saturated carbocycles. The molecule has 0 radical (unpaired) electrons. The van der Waals surface area contributed by atoms with Crippen molar-refractivity contribution >= 4 is 17.1 Å². The van der Waals surface area contributed by atoms with E-state index in [2.05, 4.69) is 231 Å². The first-order valence-corrected chi connectivity index (χ1v) is 20.8. The van der Waals surface area contributed by atoms with Gasteiger partial charge in [0.1, 0.15) is 0 Å². The van der Waals surface area contributed by atoms with Crippen LogP contribution in [0.2, 0.25) is 0 Å². The Balaban J connectivity index is 1.17. The molecular formula is C58H41N. The standard InChI is InChI=1S/C58H41N/c1-57(2)50-27-13-8-25-46(50)48-34-32-39(36-54(48)57)59(56-31-17-12-20-41(56)38-18-4-3-5-19-38)40-33-35-49-47-26-11-16-30-53(47)58(55(49)37-40)51-28-14-9-23-44(51)42-21-6-7-22-43(42)45-24-10-15-29-52(45)58/h3-37H,1-2H3. The summed E-state index contributed by atoms with van der Waals surface area (Å²) in [6, 6.07) is 79.5. The first kappa shape index (κ1) is 33.9. The van der Waals surface area contributed by atoms with Gasteiger partial charge in [-0.2, -0.15) is 0 Å². The van der Waals surface area contributed by atoms with E-state index in [0.717, 1.165) is 17.1 Å². The Morgan fingerprint density at radius 2 is 0.661 bits per heavy atom. The molecular weight excluding hydrogens is 711 g/mol. The fraction of sp³-hybridized carbons (Fsp3) is 0.0690. The summed E-state index contributed by atoms with van der Waals surface area (Å²) in [5, 5.41) is 0. The molecule has 0 bridgehead atoms. The highest BCUT2D eigenvalue weighted by atomic mass is 15.1. The molecule has 9 aromatic carbocycles. The van der Waals surface area contributed by atoms with E-state index in [1.54, 1.807) is 0 Å². The van der Waals surface area contributed by atoms with Gasteiger partial charge in [0.25, 0.3) is 0 Å². The number of anilines is 3. The lowest BCUT2D eigenvalue weighted by Crippen LogP contribution is -2.29. The van der Waals surface area contributed by atoms with E-state index < -0.39 is 5.41 Å². The lowest BCUT2D eigenvalue weighted by atomic mass is 9.66. The van der Waals surface area contributed by atoms with Crippen LogP contribution < -0.4 is 4.90 Å². The van der Waals surface area contributed by atoms with Crippen molar-refractivity contribution in [3.8, 4) is 55.6 Å². The summed E-state index contributed by atoms with van der Waals surface area (Å²) < 4.78 is 0. The molecule has 3 aliphatic carbocycles. The second-order valence-electron chi connectivity index (χ2n) is 16.8. The van der Waals surface area contributed by atoms with Gasteiger partial charge in [0, 0.05) is 22.4 Å². The molecule has 9 aromatic rings. The van der Waals surface area contributed by atoms with Gasteiger partial charge in [0.15, 0.2) is 0 Å². The van der Waals surface area contributed by atoms with Crippen LogP contribution in [0.1, 0.15) is 47.2 Å². The highest BCUT2D eigenvalue weighted by Crippen LogP contribution is 2.62. The van der Waals surface area contributed by atoms with Crippen LogP contribution in [-0.2, 0) is 10.8 Å². The Morgan fingerprint density at radius 3 is 1.22 bits per heavy atom. The van der Waals surface area contributed by atoms with Gasteiger partial charge in [-0.1, -0.05) is 196 Å². The summed E-state index contributed by atoms with van der Waals surface area (Å²) in [6.07, 6.45) is 0. The van der Waals surface area contributed by atoms with Gasteiger partial charge < -0.3 is 4.90 Å². The number of benzene rings is 9.